The summed E-state index contributed by atoms with van der Waals surface area (Å²) in [6, 6.07) is 25.9. The Morgan fingerprint density at radius 3 is 1.80 bits per heavy atom. The Bertz CT molecular complexity index is 1270. The molecule has 2 aromatic heterocycles. The van der Waals surface area contributed by atoms with Crippen molar-refractivity contribution >= 4 is 0 Å². The first kappa shape index (κ1) is 23.5. The van der Waals surface area contributed by atoms with Crippen LogP contribution in [0.3, 0.4) is 0 Å². The van der Waals surface area contributed by atoms with Crippen molar-refractivity contribution in [2.75, 3.05) is 0 Å². The quantitative estimate of drug-likeness (QED) is 0.344. The van der Waals surface area contributed by atoms with Gasteiger partial charge in [-0.15, -0.1) is 10.2 Å². The molecule has 2 heterocycles. The maximum atomic E-state index is 10.4. The molecule has 1 N–H and O–H groups in total. The van der Waals surface area contributed by atoms with Crippen molar-refractivity contribution in [2.45, 2.75) is 70.8 Å². The van der Waals surface area contributed by atoms with Crippen molar-refractivity contribution in [3.63, 3.8) is 0 Å². The monoisotopic (exact) mass is 465 g/mol. The van der Waals surface area contributed by atoms with Gasteiger partial charge in [0.25, 0.3) is 0 Å². The summed E-state index contributed by atoms with van der Waals surface area (Å²) in [5.41, 5.74) is 7.13. The lowest BCUT2D eigenvalue weighted by atomic mass is 9.65. The van der Waals surface area contributed by atoms with Crippen LogP contribution >= 0.6 is 0 Å². The second kappa shape index (κ2) is 9.09. The molecule has 0 unspecified atom stereocenters. The van der Waals surface area contributed by atoms with Gasteiger partial charge in [-0.3, -0.25) is 0 Å². The Kier molecular flexibility index (Phi) is 6.10. The highest BCUT2D eigenvalue weighted by Crippen LogP contribution is 2.45. The number of benzene rings is 2. The molecule has 1 saturated carbocycles. The molecule has 2 aromatic carbocycles. The first-order valence-corrected chi connectivity index (χ1v) is 12.7. The molecule has 0 saturated heterocycles. The molecule has 0 atom stereocenters. The van der Waals surface area contributed by atoms with Gasteiger partial charge in [0.2, 0.25) is 0 Å². The molecule has 1 fully saturated rings. The van der Waals surface area contributed by atoms with Crippen LogP contribution in [-0.4, -0.2) is 19.9 Å². The SMILES string of the molecule is Cc1ccc(C)n1-c1ccc(-c2ccc(C3(c4ccc(C(C)(C)O)cc4)CCCCC3)cc2)nn1. The van der Waals surface area contributed by atoms with E-state index in [1.165, 1.54) is 30.4 Å². The van der Waals surface area contributed by atoms with E-state index in [0.29, 0.717) is 0 Å². The van der Waals surface area contributed by atoms with Gasteiger partial charge in [0, 0.05) is 22.4 Å². The number of aromatic nitrogens is 3. The summed E-state index contributed by atoms with van der Waals surface area (Å²) in [6.07, 6.45) is 6.07. The number of hydrogen-bond acceptors (Lipinski definition) is 3. The first-order chi connectivity index (χ1) is 16.8. The van der Waals surface area contributed by atoms with Crippen LogP contribution in [-0.2, 0) is 11.0 Å². The fourth-order valence-electron chi connectivity index (χ4n) is 5.68. The standard InChI is InChI=1S/C31H35N3O/c1-22-8-9-23(2)34(22)29-19-18-28(32-33-29)24-10-12-26(13-11-24)31(20-6-5-7-21-31)27-16-14-25(15-17-27)30(3,4)35/h8-19,35H,5-7,20-21H2,1-4H3. The van der Waals surface area contributed by atoms with Gasteiger partial charge in [-0.1, -0.05) is 67.8 Å². The summed E-state index contributed by atoms with van der Waals surface area (Å²) in [7, 11) is 0. The minimum absolute atomic E-state index is 0.0217. The van der Waals surface area contributed by atoms with E-state index in [1.54, 1.807) is 0 Å². The van der Waals surface area contributed by atoms with E-state index in [4.69, 9.17) is 0 Å². The fraction of sp³-hybridized carbons (Fsp3) is 0.355. The number of nitrogens with zero attached hydrogens (tertiary/aromatic N) is 3. The van der Waals surface area contributed by atoms with Crippen LogP contribution in [0.15, 0.2) is 72.8 Å². The molecule has 4 nitrogen and oxygen atoms in total. The Hall–Kier alpha value is -3.24. The molecular weight excluding hydrogens is 430 g/mol. The molecule has 180 valence electrons. The normalized spacial score (nSPS) is 15.8. The lowest BCUT2D eigenvalue weighted by Gasteiger charge is -2.39. The number of aryl methyl sites for hydroxylation is 2. The third-order valence-electron chi connectivity index (χ3n) is 7.74. The van der Waals surface area contributed by atoms with Crippen molar-refractivity contribution in [1.29, 1.82) is 0 Å². The number of rotatable bonds is 5. The van der Waals surface area contributed by atoms with Crippen molar-refractivity contribution in [2.24, 2.45) is 0 Å². The summed E-state index contributed by atoms with van der Waals surface area (Å²) in [6.45, 7) is 7.85. The first-order valence-electron chi connectivity index (χ1n) is 12.7. The topological polar surface area (TPSA) is 50.9 Å². The van der Waals surface area contributed by atoms with Crippen LogP contribution in [0.25, 0.3) is 17.1 Å². The molecule has 4 aromatic rings. The van der Waals surface area contributed by atoms with E-state index in [-0.39, 0.29) is 5.41 Å². The smallest absolute Gasteiger partial charge is 0.159 e. The highest BCUT2D eigenvalue weighted by molar-refractivity contribution is 5.60. The molecule has 0 radical (unpaired) electrons. The van der Waals surface area contributed by atoms with Crippen molar-refractivity contribution in [1.82, 2.24) is 14.8 Å². The average Bonchev–Trinajstić information content (AvgIpc) is 3.22. The van der Waals surface area contributed by atoms with Gasteiger partial charge < -0.3 is 9.67 Å². The van der Waals surface area contributed by atoms with Crippen molar-refractivity contribution in [3.05, 3.63) is 101 Å². The van der Waals surface area contributed by atoms with Gasteiger partial charge in [-0.2, -0.15) is 0 Å². The molecule has 0 amide bonds. The molecule has 0 aliphatic heterocycles. The Labute approximate surface area is 208 Å². The van der Waals surface area contributed by atoms with Crippen molar-refractivity contribution in [3.8, 4) is 17.1 Å². The highest BCUT2D eigenvalue weighted by Gasteiger charge is 2.36. The Morgan fingerprint density at radius 2 is 1.29 bits per heavy atom. The summed E-state index contributed by atoms with van der Waals surface area (Å²) < 4.78 is 2.12. The summed E-state index contributed by atoms with van der Waals surface area (Å²) >= 11 is 0. The minimum Gasteiger partial charge on any atom is -0.386 e. The van der Waals surface area contributed by atoms with Gasteiger partial charge in [-0.05, 0) is 81.5 Å². The predicted octanol–water partition coefficient (Wildman–Crippen LogP) is 7.03. The second-order valence-electron chi connectivity index (χ2n) is 10.6. The highest BCUT2D eigenvalue weighted by atomic mass is 16.3. The summed E-state index contributed by atoms with van der Waals surface area (Å²) in [4.78, 5) is 0. The number of hydrogen-bond donors (Lipinski definition) is 1. The van der Waals surface area contributed by atoms with E-state index < -0.39 is 5.60 Å². The molecule has 5 rings (SSSR count). The molecule has 0 spiro atoms. The lowest BCUT2D eigenvalue weighted by molar-refractivity contribution is 0.0785. The third-order valence-corrected chi connectivity index (χ3v) is 7.74. The average molecular weight is 466 g/mol. The zero-order valence-electron chi connectivity index (χ0n) is 21.3. The van der Waals surface area contributed by atoms with E-state index in [2.05, 4.69) is 95.3 Å². The minimum atomic E-state index is -0.824. The van der Waals surface area contributed by atoms with Crippen LogP contribution in [0.2, 0.25) is 0 Å². The van der Waals surface area contributed by atoms with Crippen LogP contribution < -0.4 is 0 Å². The van der Waals surface area contributed by atoms with Crippen molar-refractivity contribution < 1.29 is 5.11 Å². The Balaban J connectivity index is 1.45. The van der Waals surface area contributed by atoms with Gasteiger partial charge >= 0.3 is 0 Å². The molecule has 4 heteroatoms. The molecule has 35 heavy (non-hydrogen) atoms. The van der Waals surface area contributed by atoms with Crippen LogP contribution in [0, 0.1) is 13.8 Å². The largest absolute Gasteiger partial charge is 0.386 e. The molecule has 1 aliphatic rings. The lowest BCUT2D eigenvalue weighted by Crippen LogP contribution is -2.30. The van der Waals surface area contributed by atoms with Crippen LogP contribution in [0.4, 0.5) is 0 Å². The maximum absolute atomic E-state index is 10.4. The van der Waals surface area contributed by atoms with E-state index in [1.807, 2.05) is 19.9 Å². The van der Waals surface area contributed by atoms with E-state index in [9.17, 15) is 5.11 Å². The fourth-order valence-corrected chi connectivity index (χ4v) is 5.68. The zero-order valence-corrected chi connectivity index (χ0v) is 21.3. The summed E-state index contributed by atoms with van der Waals surface area (Å²) in [5, 5.41) is 19.5. The van der Waals surface area contributed by atoms with Gasteiger partial charge in [-0.25, -0.2) is 0 Å². The predicted molar refractivity (Wildman–Crippen MR) is 142 cm³/mol. The molecular formula is C31H35N3O. The van der Waals surface area contributed by atoms with Gasteiger partial charge in [0.15, 0.2) is 5.82 Å². The molecule has 1 aliphatic carbocycles. The van der Waals surface area contributed by atoms with Gasteiger partial charge in [0.1, 0.15) is 0 Å². The third kappa shape index (κ3) is 4.43. The Morgan fingerprint density at radius 1 is 0.714 bits per heavy atom. The van der Waals surface area contributed by atoms with Gasteiger partial charge in [0.05, 0.1) is 11.3 Å². The maximum Gasteiger partial charge on any atom is 0.159 e. The zero-order chi connectivity index (χ0) is 24.6. The van der Waals surface area contributed by atoms with E-state index in [0.717, 1.165) is 46.9 Å². The van der Waals surface area contributed by atoms with E-state index >= 15 is 0 Å². The molecule has 0 bridgehead atoms. The second-order valence-corrected chi connectivity index (χ2v) is 10.6. The number of aliphatic hydroxyl groups is 1. The van der Waals surface area contributed by atoms with Crippen LogP contribution in [0.5, 0.6) is 0 Å². The summed E-state index contributed by atoms with van der Waals surface area (Å²) in [5.74, 6) is 0.848. The van der Waals surface area contributed by atoms with Crippen LogP contribution in [0.1, 0.15) is 74.0 Å².